The van der Waals surface area contributed by atoms with Crippen LogP contribution in [-0.4, -0.2) is 28.5 Å². The van der Waals surface area contributed by atoms with Gasteiger partial charge in [-0.25, -0.2) is 4.98 Å². The lowest BCUT2D eigenvalue weighted by molar-refractivity contribution is -0.137. The van der Waals surface area contributed by atoms with Gasteiger partial charge in [0, 0.05) is 24.7 Å². The van der Waals surface area contributed by atoms with Crippen LogP contribution < -0.4 is 5.32 Å². The van der Waals surface area contributed by atoms with Crippen molar-refractivity contribution in [1.82, 2.24) is 10.3 Å². The molecule has 0 radical (unpaired) electrons. The second-order valence-corrected chi connectivity index (χ2v) is 4.20. The van der Waals surface area contributed by atoms with Gasteiger partial charge >= 0.3 is 5.97 Å². The maximum Gasteiger partial charge on any atom is 0.303 e. The van der Waals surface area contributed by atoms with Crippen molar-refractivity contribution in [3.05, 3.63) is 29.7 Å². The summed E-state index contributed by atoms with van der Waals surface area (Å²) >= 11 is 0. The predicted octanol–water partition coefficient (Wildman–Crippen LogP) is 1.73. The molecule has 1 amide bonds. The van der Waals surface area contributed by atoms with Crippen LogP contribution in [0.4, 0.5) is 0 Å². The van der Waals surface area contributed by atoms with Crippen LogP contribution in [0.15, 0.2) is 22.6 Å². The first-order valence-corrected chi connectivity index (χ1v) is 5.93. The molecule has 0 saturated heterocycles. The van der Waals surface area contributed by atoms with Gasteiger partial charge in [0.2, 0.25) is 0 Å². The van der Waals surface area contributed by atoms with Gasteiger partial charge in [0.05, 0.1) is 0 Å². The minimum atomic E-state index is -0.877. The van der Waals surface area contributed by atoms with E-state index in [1.54, 1.807) is 18.2 Å². The van der Waals surface area contributed by atoms with Gasteiger partial charge in [0.25, 0.3) is 5.91 Å². The summed E-state index contributed by atoms with van der Waals surface area (Å²) in [5.74, 6) is -1.05. The van der Waals surface area contributed by atoms with Crippen molar-refractivity contribution in [2.75, 3.05) is 6.54 Å². The number of nitrogens with zero attached hydrogens (tertiary/aromatic N) is 1. The Morgan fingerprint density at radius 1 is 1.42 bits per heavy atom. The third-order valence-corrected chi connectivity index (χ3v) is 2.59. The Morgan fingerprint density at radius 3 is 2.95 bits per heavy atom. The van der Waals surface area contributed by atoms with Crippen molar-refractivity contribution >= 4 is 23.0 Å². The fraction of sp³-hybridized carbons (Fsp3) is 0.308. The molecule has 0 aliphatic heterocycles. The van der Waals surface area contributed by atoms with Gasteiger partial charge in [-0.05, 0) is 25.5 Å². The van der Waals surface area contributed by atoms with Gasteiger partial charge in [-0.1, -0.05) is 0 Å². The lowest BCUT2D eigenvalue weighted by atomic mass is 10.3. The fourth-order valence-electron chi connectivity index (χ4n) is 1.67. The minimum absolute atomic E-state index is 0.0289. The summed E-state index contributed by atoms with van der Waals surface area (Å²) in [6.07, 6.45) is 0.416. The molecule has 0 aliphatic carbocycles. The molecule has 2 heterocycles. The molecular formula is C13H14N2O4. The molecule has 0 unspecified atom stereocenters. The van der Waals surface area contributed by atoms with Gasteiger partial charge < -0.3 is 14.8 Å². The van der Waals surface area contributed by atoms with E-state index in [4.69, 9.17) is 9.52 Å². The summed E-state index contributed by atoms with van der Waals surface area (Å²) < 4.78 is 5.37. The number of hydrogen-bond acceptors (Lipinski definition) is 4. The van der Waals surface area contributed by atoms with E-state index in [0.29, 0.717) is 24.1 Å². The van der Waals surface area contributed by atoms with Gasteiger partial charge in [0.15, 0.2) is 11.3 Å². The summed E-state index contributed by atoms with van der Waals surface area (Å²) in [6.45, 7) is 2.16. The summed E-state index contributed by atoms with van der Waals surface area (Å²) in [5.41, 5.74) is 2.04. The average Bonchev–Trinajstić information content (AvgIpc) is 2.77. The zero-order valence-corrected chi connectivity index (χ0v) is 10.5. The highest BCUT2D eigenvalue weighted by atomic mass is 16.4. The minimum Gasteiger partial charge on any atom is -0.481 e. The van der Waals surface area contributed by atoms with Crippen LogP contribution in [0.2, 0.25) is 0 Å². The number of rotatable bonds is 5. The van der Waals surface area contributed by atoms with E-state index in [-0.39, 0.29) is 18.1 Å². The smallest absolute Gasteiger partial charge is 0.303 e. The number of amides is 1. The van der Waals surface area contributed by atoms with Crippen LogP contribution in [0.5, 0.6) is 0 Å². The van der Waals surface area contributed by atoms with Crippen molar-refractivity contribution in [3.63, 3.8) is 0 Å². The highest BCUT2D eigenvalue weighted by Gasteiger charge is 2.12. The van der Waals surface area contributed by atoms with E-state index in [9.17, 15) is 9.59 Å². The zero-order valence-electron chi connectivity index (χ0n) is 10.5. The van der Waals surface area contributed by atoms with Gasteiger partial charge in [0.1, 0.15) is 5.52 Å². The monoisotopic (exact) mass is 262 g/mol. The van der Waals surface area contributed by atoms with Gasteiger partial charge in [-0.2, -0.15) is 0 Å². The molecule has 6 heteroatoms. The number of pyridine rings is 1. The van der Waals surface area contributed by atoms with E-state index < -0.39 is 5.97 Å². The number of aryl methyl sites for hydroxylation is 1. The average molecular weight is 262 g/mol. The number of hydrogen-bond donors (Lipinski definition) is 2. The predicted molar refractivity (Wildman–Crippen MR) is 67.9 cm³/mol. The Hall–Kier alpha value is -2.37. The first kappa shape index (κ1) is 13.1. The van der Waals surface area contributed by atoms with Crippen LogP contribution >= 0.6 is 0 Å². The van der Waals surface area contributed by atoms with E-state index in [0.717, 1.165) is 5.69 Å². The van der Waals surface area contributed by atoms with Crippen LogP contribution in [0.25, 0.3) is 11.1 Å². The van der Waals surface area contributed by atoms with E-state index in [1.165, 1.54) is 0 Å². The molecule has 2 aromatic heterocycles. The van der Waals surface area contributed by atoms with Crippen molar-refractivity contribution in [2.24, 2.45) is 0 Å². The molecule has 100 valence electrons. The number of carbonyl (C=O) groups excluding carboxylic acids is 1. The van der Waals surface area contributed by atoms with Crippen molar-refractivity contribution in [1.29, 1.82) is 0 Å². The van der Waals surface area contributed by atoms with Crippen molar-refractivity contribution in [2.45, 2.75) is 19.8 Å². The number of carboxylic acid groups (broad SMARTS) is 1. The molecule has 0 saturated carbocycles. The number of aromatic nitrogens is 1. The quantitative estimate of drug-likeness (QED) is 0.800. The highest BCUT2D eigenvalue weighted by Crippen LogP contribution is 2.17. The molecule has 19 heavy (non-hydrogen) atoms. The molecule has 0 aromatic carbocycles. The first-order valence-electron chi connectivity index (χ1n) is 5.93. The van der Waals surface area contributed by atoms with Crippen molar-refractivity contribution in [3.8, 4) is 0 Å². The number of aliphatic carboxylic acids is 1. The second-order valence-electron chi connectivity index (χ2n) is 4.20. The zero-order chi connectivity index (χ0) is 13.8. The second kappa shape index (κ2) is 5.51. The third-order valence-electron chi connectivity index (χ3n) is 2.59. The Morgan fingerprint density at radius 2 is 2.21 bits per heavy atom. The molecule has 6 nitrogen and oxygen atoms in total. The summed E-state index contributed by atoms with van der Waals surface area (Å²) in [6, 6.07) is 5.15. The maximum absolute atomic E-state index is 11.8. The molecule has 0 bridgehead atoms. The van der Waals surface area contributed by atoms with Gasteiger partial charge in [-0.3, -0.25) is 9.59 Å². The lowest BCUT2D eigenvalue weighted by Crippen LogP contribution is -2.24. The topological polar surface area (TPSA) is 92.4 Å². The van der Waals surface area contributed by atoms with Crippen LogP contribution in [-0.2, 0) is 4.79 Å². The Kier molecular flexibility index (Phi) is 3.79. The van der Waals surface area contributed by atoms with Gasteiger partial charge in [-0.15, -0.1) is 0 Å². The number of nitrogens with one attached hydrogen (secondary N) is 1. The van der Waals surface area contributed by atoms with Crippen LogP contribution in [0, 0.1) is 6.92 Å². The number of furan rings is 1. The molecule has 0 fully saturated rings. The Bertz CT molecular complexity index is 618. The third kappa shape index (κ3) is 3.31. The normalized spacial score (nSPS) is 10.6. The van der Waals surface area contributed by atoms with Crippen LogP contribution in [0.1, 0.15) is 29.1 Å². The largest absolute Gasteiger partial charge is 0.481 e. The van der Waals surface area contributed by atoms with E-state index in [2.05, 4.69) is 10.3 Å². The SMILES string of the molecule is Cc1ccc2oc(C(=O)NCCCC(=O)O)cc2n1. The number of carbonyl (C=O) groups is 2. The molecule has 2 N–H and O–H groups in total. The van der Waals surface area contributed by atoms with E-state index in [1.807, 2.05) is 6.92 Å². The molecular weight excluding hydrogens is 248 g/mol. The molecule has 0 aliphatic rings. The fourth-order valence-corrected chi connectivity index (χ4v) is 1.67. The molecule has 2 rings (SSSR count). The first-order chi connectivity index (χ1) is 9.06. The maximum atomic E-state index is 11.8. The standard InChI is InChI=1S/C13H14N2O4/c1-8-4-5-10-9(15-8)7-11(19-10)13(18)14-6-2-3-12(16)17/h4-5,7H,2-3,6H2,1H3,(H,14,18)(H,16,17). The highest BCUT2D eigenvalue weighted by molar-refractivity contribution is 5.95. The Balaban J connectivity index is 1.99. The summed E-state index contributed by atoms with van der Waals surface area (Å²) in [5, 5.41) is 11.1. The Labute approximate surface area is 109 Å². The molecule has 2 aromatic rings. The number of fused-ring (bicyclic) bond motifs is 1. The number of carboxylic acids is 1. The molecule has 0 spiro atoms. The summed E-state index contributed by atoms with van der Waals surface area (Å²) in [4.78, 5) is 26.3. The lowest BCUT2D eigenvalue weighted by Gasteiger charge is -2.00. The van der Waals surface area contributed by atoms with E-state index >= 15 is 0 Å². The summed E-state index contributed by atoms with van der Waals surface area (Å²) in [7, 11) is 0. The molecule has 0 atom stereocenters. The van der Waals surface area contributed by atoms with Crippen molar-refractivity contribution < 1.29 is 19.1 Å². The van der Waals surface area contributed by atoms with Crippen LogP contribution in [0.3, 0.4) is 0 Å².